The Morgan fingerprint density at radius 3 is 2.47 bits per heavy atom. The zero-order valence-corrected chi connectivity index (χ0v) is 16.6. The largest absolute Gasteiger partial charge is 0.493 e. The van der Waals surface area contributed by atoms with Crippen molar-refractivity contribution < 1.29 is 36.5 Å². The number of rotatable bonds is 5. The van der Waals surface area contributed by atoms with Crippen LogP contribution in [0.2, 0.25) is 0 Å². The lowest BCUT2D eigenvalue weighted by molar-refractivity contribution is 0.0271. The first-order valence-corrected chi connectivity index (χ1v) is 9.73. The Kier molecular flexibility index (Phi) is 5.22. The van der Waals surface area contributed by atoms with E-state index in [1.54, 1.807) is 6.07 Å². The van der Waals surface area contributed by atoms with E-state index in [2.05, 4.69) is 15.3 Å². The van der Waals surface area contributed by atoms with Crippen molar-refractivity contribution in [1.82, 2.24) is 9.97 Å². The van der Waals surface area contributed by atoms with E-state index in [0.29, 0.717) is 28.8 Å². The summed E-state index contributed by atoms with van der Waals surface area (Å²) in [6.07, 6.45) is -1.78. The summed E-state index contributed by atoms with van der Waals surface area (Å²) in [5.74, 6) is -2.59. The van der Waals surface area contributed by atoms with Gasteiger partial charge in [0.05, 0.1) is 25.8 Å². The van der Waals surface area contributed by atoms with E-state index in [1.807, 2.05) is 0 Å². The molecule has 2 fully saturated rings. The molecule has 168 valence electrons. The summed E-state index contributed by atoms with van der Waals surface area (Å²) in [4.78, 5) is 8.21. The number of alkyl halides is 1. The number of hydrogen-bond donors (Lipinski definition) is 1. The maximum Gasteiger partial charge on any atom is 0.164 e. The molecular formula is C21H17F4N3O4. The highest BCUT2D eigenvalue weighted by Gasteiger charge is 2.49. The minimum Gasteiger partial charge on any atom is -0.493 e. The molecule has 3 aromatic rings. The Hall–Kier alpha value is -3.18. The SMILES string of the molecule is COc1cc2c(Nc3c(F)cc(F)cc3F)ncnc2cc1OC1CO[C@H]2[C@H](F)CO[C@@H]12. The Labute approximate surface area is 179 Å². The smallest absolute Gasteiger partial charge is 0.164 e. The van der Waals surface area contributed by atoms with Gasteiger partial charge in [0.1, 0.15) is 35.9 Å². The Balaban J connectivity index is 1.48. The van der Waals surface area contributed by atoms with Crippen LogP contribution in [0, 0.1) is 17.5 Å². The molecule has 0 radical (unpaired) electrons. The van der Waals surface area contributed by atoms with Crippen molar-refractivity contribution in [2.45, 2.75) is 24.5 Å². The van der Waals surface area contributed by atoms with Crippen LogP contribution in [0.1, 0.15) is 0 Å². The van der Waals surface area contributed by atoms with Gasteiger partial charge in [0.25, 0.3) is 0 Å². The summed E-state index contributed by atoms with van der Waals surface area (Å²) >= 11 is 0. The number of anilines is 2. The zero-order valence-electron chi connectivity index (χ0n) is 16.6. The number of halogens is 4. The molecule has 5 rings (SSSR count). The third kappa shape index (κ3) is 3.56. The lowest BCUT2D eigenvalue weighted by Gasteiger charge is -2.20. The predicted octanol–water partition coefficient (Wildman–Crippen LogP) is 3.68. The fourth-order valence-corrected chi connectivity index (χ4v) is 3.88. The fourth-order valence-electron chi connectivity index (χ4n) is 3.88. The van der Waals surface area contributed by atoms with Crippen molar-refractivity contribution in [2.75, 3.05) is 25.6 Å². The van der Waals surface area contributed by atoms with Crippen LogP contribution < -0.4 is 14.8 Å². The number of nitrogens with zero attached hydrogens (tertiary/aromatic N) is 2. The molecule has 1 N–H and O–H groups in total. The van der Waals surface area contributed by atoms with E-state index >= 15 is 0 Å². The second-order valence-corrected chi connectivity index (χ2v) is 7.38. The quantitative estimate of drug-likeness (QED) is 0.594. The molecule has 7 nitrogen and oxygen atoms in total. The molecule has 32 heavy (non-hydrogen) atoms. The van der Waals surface area contributed by atoms with Crippen molar-refractivity contribution in [3.05, 3.63) is 48.0 Å². The summed E-state index contributed by atoms with van der Waals surface area (Å²) in [5, 5.41) is 2.92. The van der Waals surface area contributed by atoms with E-state index in [9.17, 15) is 17.6 Å². The van der Waals surface area contributed by atoms with Crippen molar-refractivity contribution in [2.24, 2.45) is 0 Å². The van der Waals surface area contributed by atoms with Crippen LogP contribution in [-0.4, -0.2) is 54.8 Å². The van der Waals surface area contributed by atoms with E-state index in [1.165, 1.54) is 19.5 Å². The highest BCUT2D eigenvalue weighted by molar-refractivity contribution is 5.93. The van der Waals surface area contributed by atoms with Crippen LogP contribution in [0.3, 0.4) is 0 Å². The fraction of sp³-hybridized carbons (Fsp3) is 0.333. The first kappa shape index (κ1) is 20.7. The van der Waals surface area contributed by atoms with E-state index in [0.717, 1.165) is 0 Å². The molecule has 1 aromatic heterocycles. The predicted molar refractivity (Wildman–Crippen MR) is 104 cm³/mol. The second kappa shape index (κ2) is 8.06. The van der Waals surface area contributed by atoms with Crippen molar-refractivity contribution in [3.63, 3.8) is 0 Å². The van der Waals surface area contributed by atoms with Crippen LogP contribution in [0.25, 0.3) is 10.9 Å². The van der Waals surface area contributed by atoms with Gasteiger partial charge in [0.2, 0.25) is 0 Å². The van der Waals surface area contributed by atoms with E-state index < -0.39 is 47.6 Å². The van der Waals surface area contributed by atoms with Gasteiger partial charge in [0, 0.05) is 23.6 Å². The van der Waals surface area contributed by atoms with Gasteiger partial charge in [-0.25, -0.2) is 27.5 Å². The second-order valence-electron chi connectivity index (χ2n) is 7.38. The highest BCUT2D eigenvalue weighted by atomic mass is 19.1. The Morgan fingerprint density at radius 2 is 1.72 bits per heavy atom. The minimum absolute atomic E-state index is 0.0528. The highest BCUT2D eigenvalue weighted by Crippen LogP contribution is 2.38. The van der Waals surface area contributed by atoms with Gasteiger partial charge in [-0.15, -0.1) is 0 Å². The average molecular weight is 451 g/mol. The number of fused-ring (bicyclic) bond motifs is 2. The Bertz CT molecular complexity index is 1160. The van der Waals surface area contributed by atoms with Crippen molar-refractivity contribution in [3.8, 4) is 11.5 Å². The molecule has 0 amide bonds. The molecule has 0 saturated carbocycles. The van der Waals surface area contributed by atoms with Gasteiger partial charge >= 0.3 is 0 Å². The van der Waals surface area contributed by atoms with Crippen LogP contribution in [0.4, 0.5) is 29.1 Å². The normalized spacial score (nSPS) is 24.5. The summed E-state index contributed by atoms with van der Waals surface area (Å²) in [5.41, 5.74) is -0.175. The van der Waals surface area contributed by atoms with Gasteiger partial charge in [-0.3, -0.25) is 0 Å². The molecule has 0 spiro atoms. The van der Waals surface area contributed by atoms with Crippen LogP contribution >= 0.6 is 0 Å². The minimum atomic E-state index is -1.21. The number of benzene rings is 2. The summed E-state index contributed by atoms with van der Waals surface area (Å²) in [7, 11) is 1.42. The molecule has 2 saturated heterocycles. The van der Waals surface area contributed by atoms with Crippen LogP contribution in [0.5, 0.6) is 11.5 Å². The first-order valence-electron chi connectivity index (χ1n) is 9.73. The maximum absolute atomic E-state index is 14.1. The van der Waals surface area contributed by atoms with Gasteiger partial charge in [-0.2, -0.15) is 0 Å². The lowest BCUT2D eigenvalue weighted by Crippen LogP contribution is -2.33. The molecule has 2 aliphatic heterocycles. The molecule has 0 aliphatic carbocycles. The van der Waals surface area contributed by atoms with Crippen LogP contribution in [-0.2, 0) is 9.47 Å². The first-order chi connectivity index (χ1) is 15.4. The number of ether oxygens (including phenoxy) is 4. The summed E-state index contributed by atoms with van der Waals surface area (Å²) < 4.78 is 77.5. The molecule has 4 atom stereocenters. The molecule has 11 heteroatoms. The van der Waals surface area contributed by atoms with Crippen LogP contribution in [0.15, 0.2) is 30.6 Å². The number of methoxy groups -OCH3 is 1. The Morgan fingerprint density at radius 1 is 0.969 bits per heavy atom. The third-order valence-electron chi connectivity index (χ3n) is 5.40. The summed E-state index contributed by atoms with van der Waals surface area (Å²) in [6.45, 7) is 0.0967. The molecule has 1 unspecified atom stereocenters. The molecule has 3 heterocycles. The van der Waals surface area contributed by atoms with Gasteiger partial charge in [-0.05, 0) is 6.07 Å². The van der Waals surface area contributed by atoms with Crippen molar-refractivity contribution >= 4 is 22.4 Å². The van der Waals surface area contributed by atoms with Gasteiger partial charge in [-0.1, -0.05) is 0 Å². The molecule has 2 aromatic carbocycles. The molecule has 2 aliphatic rings. The number of aromatic nitrogens is 2. The lowest BCUT2D eigenvalue weighted by atomic mass is 10.1. The molecular weight excluding hydrogens is 434 g/mol. The summed E-state index contributed by atoms with van der Waals surface area (Å²) in [6, 6.07) is 4.22. The standard InChI is InChI=1S/C21H17F4N3O4/c1-29-15-4-10-14(5-16(15)32-17-7-31-19-13(25)6-30-20(17)19)26-8-27-21(10)28-18-11(23)2-9(22)3-12(18)24/h2-5,8,13,17,19-20H,6-7H2,1H3,(H,26,27,28)/t13-,17?,19+,20+/m1/s1. The third-order valence-corrected chi connectivity index (χ3v) is 5.40. The van der Waals surface area contributed by atoms with Gasteiger partial charge in [0.15, 0.2) is 35.4 Å². The number of hydrogen-bond acceptors (Lipinski definition) is 7. The van der Waals surface area contributed by atoms with Gasteiger partial charge < -0.3 is 24.3 Å². The topological polar surface area (TPSA) is 74.7 Å². The van der Waals surface area contributed by atoms with Crippen molar-refractivity contribution in [1.29, 1.82) is 0 Å². The monoisotopic (exact) mass is 451 g/mol. The van der Waals surface area contributed by atoms with E-state index in [-0.39, 0.29) is 24.8 Å². The zero-order chi connectivity index (χ0) is 22.4. The average Bonchev–Trinajstić information content (AvgIpc) is 3.33. The maximum atomic E-state index is 14.1. The number of nitrogens with one attached hydrogen (secondary N) is 1. The molecule has 0 bridgehead atoms. The van der Waals surface area contributed by atoms with E-state index in [4.69, 9.17) is 18.9 Å².